The van der Waals surface area contributed by atoms with Crippen molar-refractivity contribution in [3.05, 3.63) is 0 Å². The maximum atomic E-state index is 11.1. The van der Waals surface area contributed by atoms with Gasteiger partial charge in [0.1, 0.15) is 0 Å². The Morgan fingerprint density at radius 3 is 2.83 bits per heavy atom. The van der Waals surface area contributed by atoms with Crippen LogP contribution < -0.4 is 5.84 Å². The summed E-state index contributed by atoms with van der Waals surface area (Å²) in [5.74, 6) is 5.77. The number of hydrogen-bond donors (Lipinski definition) is 2. The minimum atomic E-state index is -2.90. The van der Waals surface area contributed by atoms with Gasteiger partial charge in [0.25, 0.3) is 0 Å². The molecule has 2 saturated heterocycles. The molecule has 0 aliphatic carbocycles. The van der Waals surface area contributed by atoms with Gasteiger partial charge in [-0.05, 0) is 0 Å². The van der Waals surface area contributed by atoms with Crippen molar-refractivity contribution in [1.29, 1.82) is 5.41 Å². The Hall–Kier alpha value is -0.270. The largest absolute Gasteiger partial charge is 0.284 e. The summed E-state index contributed by atoms with van der Waals surface area (Å²) in [5.41, 5.74) is 0. The van der Waals surface area contributed by atoms with Crippen LogP contribution in [0.1, 0.15) is 0 Å². The Morgan fingerprint density at radius 1 is 1.58 bits per heavy atom. The predicted octanol–water partition coefficient (Wildman–Crippen LogP) is -0.991. The maximum absolute atomic E-state index is 11.1. The Bertz CT molecular complexity index is 326. The number of sulfone groups is 1. The molecular weight excluding hydrogens is 198 g/mol. The zero-order valence-electron chi connectivity index (χ0n) is 6.23. The predicted molar refractivity (Wildman–Crippen MR) is 47.6 cm³/mol. The van der Waals surface area contributed by atoms with Gasteiger partial charge in [0, 0.05) is 5.25 Å². The first-order valence-corrected chi connectivity index (χ1v) is 6.19. The lowest BCUT2D eigenvalue weighted by molar-refractivity contribution is 0.370. The highest BCUT2D eigenvalue weighted by atomic mass is 32.2. The summed E-state index contributed by atoms with van der Waals surface area (Å²) in [5, 5.41) is 8.87. The number of hydrogen-bond acceptors (Lipinski definition) is 5. The highest BCUT2D eigenvalue weighted by Crippen LogP contribution is 2.35. The molecule has 2 heterocycles. The average Bonchev–Trinajstić information content (AvgIpc) is 2.33. The first kappa shape index (κ1) is 8.33. The summed E-state index contributed by atoms with van der Waals surface area (Å²) >= 11 is 1.25. The van der Waals surface area contributed by atoms with Crippen LogP contribution in [0.2, 0.25) is 0 Å². The van der Waals surface area contributed by atoms with E-state index in [4.69, 9.17) is 11.3 Å². The second-order valence-electron chi connectivity index (χ2n) is 3.01. The molecule has 0 bridgehead atoms. The molecule has 0 aromatic rings. The van der Waals surface area contributed by atoms with Crippen molar-refractivity contribution < 1.29 is 8.42 Å². The van der Waals surface area contributed by atoms with E-state index in [2.05, 4.69) is 0 Å². The normalized spacial score (nSPS) is 38.8. The van der Waals surface area contributed by atoms with Crippen LogP contribution in [0.4, 0.5) is 0 Å². The lowest BCUT2D eigenvalue weighted by atomic mass is 10.2. The fourth-order valence-corrected chi connectivity index (χ4v) is 5.24. The van der Waals surface area contributed by atoms with Gasteiger partial charge in [0.15, 0.2) is 15.0 Å². The molecule has 0 unspecified atom stereocenters. The van der Waals surface area contributed by atoms with Gasteiger partial charge in [-0.15, -0.1) is 0 Å². The Kier molecular flexibility index (Phi) is 1.64. The van der Waals surface area contributed by atoms with Gasteiger partial charge >= 0.3 is 0 Å². The number of thioether (sulfide) groups is 1. The summed E-state index contributed by atoms with van der Waals surface area (Å²) in [6.45, 7) is 0. The van der Waals surface area contributed by atoms with Crippen molar-refractivity contribution in [2.45, 2.75) is 11.3 Å². The topological polar surface area (TPSA) is 87.2 Å². The van der Waals surface area contributed by atoms with E-state index in [0.29, 0.717) is 0 Å². The van der Waals surface area contributed by atoms with Crippen molar-refractivity contribution in [2.24, 2.45) is 5.84 Å². The van der Waals surface area contributed by atoms with Crippen LogP contribution in [0.3, 0.4) is 0 Å². The monoisotopic (exact) mass is 207 g/mol. The van der Waals surface area contributed by atoms with Crippen molar-refractivity contribution >= 4 is 26.8 Å². The van der Waals surface area contributed by atoms with Gasteiger partial charge in [0.05, 0.1) is 17.5 Å². The van der Waals surface area contributed by atoms with Crippen LogP contribution in [0.15, 0.2) is 0 Å². The third-order valence-electron chi connectivity index (χ3n) is 2.13. The van der Waals surface area contributed by atoms with Crippen molar-refractivity contribution in [3.8, 4) is 0 Å². The zero-order valence-corrected chi connectivity index (χ0v) is 7.86. The van der Waals surface area contributed by atoms with E-state index in [1.807, 2.05) is 0 Å². The minimum Gasteiger partial charge on any atom is -0.284 e. The standard InChI is InChI=1S/C5H9N3O2S2/c6-5-8(7)3-1-12(9,10)2-4(3)11-5/h3-4,6H,1-2,7H2/t3-,4-/m1/s1. The van der Waals surface area contributed by atoms with Crippen LogP contribution in [0.5, 0.6) is 0 Å². The Morgan fingerprint density at radius 2 is 2.25 bits per heavy atom. The molecule has 0 amide bonds. The van der Waals surface area contributed by atoms with E-state index in [9.17, 15) is 8.42 Å². The molecule has 0 aromatic heterocycles. The van der Waals surface area contributed by atoms with E-state index >= 15 is 0 Å². The summed E-state index contributed by atoms with van der Waals surface area (Å²) in [4.78, 5) is 0. The van der Waals surface area contributed by atoms with E-state index in [-0.39, 0.29) is 28.0 Å². The zero-order chi connectivity index (χ0) is 8.93. The van der Waals surface area contributed by atoms with E-state index in [1.54, 1.807) is 0 Å². The fourth-order valence-electron chi connectivity index (χ4n) is 1.52. The maximum Gasteiger partial charge on any atom is 0.171 e. The first-order chi connectivity index (χ1) is 5.49. The van der Waals surface area contributed by atoms with Crippen LogP contribution in [0, 0.1) is 5.41 Å². The number of rotatable bonds is 0. The summed E-state index contributed by atoms with van der Waals surface area (Å²) in [7, 11) is -2.90. The van der Waals surface area contributed by atoms with Gasteiger partial charge in [-0.1, -0.05) is 11.8 Å². The van der Waals surface area contributed by atoms with E-state index in [0.717, 1.165) is 0 Å². The van der Waals surface area contributed by atoms with Gasteiger partial charge in [0.2, 0.25) is 0 Å². The van der Waals surface area contributed by atoms with Crippen LogP contribution in [0.25, 0.3) is 0 Å². The van der Waals surface area contributed by atoms with Gasteiger partial charge in [-0.2, -0.15) is 0 Å². The second-order valence-corrected chi connectivity index (χ2v) is 6.39. The summed E-state index contributed by atoms with van der Waals surface area (Å²) in [6.07, 6.45) is 0. The molecule has 3 N–H and O–H groups in total. The van der Waals surface area contributed by atoms with E-state index in [1.165, 1.54) is 16.8 Å². The molecule has 0 radical (unpaired) electrons. The second kappa shape index (κ2) is 2.36. The average molecular weight is 207 g/mol. The lowest BCUT2D eigenvalue weighted by Crippen LogP contribution is -2.42. The summed E-state index contributed by atoms with van der Waals surface area (Å²) in [6, 6.07) is -0.174. The molecule has 2 atom stereocenters. The van der Waals surface area contributed by atoms with Gasteiger partial charge in [-0.3, -0.25) is 10.4 Å². The van der Waals surface area contributed by atoms with Gasteiger partial charge in [-0.25, -0.2) is 14.3 Å². The van der Waals surface area contributed by atoms with Crippen LogP contribution in [-0.4, -0.2) is 41.4 Å². The Balaban J connectivity index is 2.27. The molecule has 0 aromatic carbocycles. The number of amidine groups is 1. The Labute approximate surface area is 74.7 Å². The minimum absolute atomic E-state index is 0.0208. The van der Waals surface area contributed by atoms with E-state index < -0.39 is 9.84 Å². The SMILES string of the molecule is N=C1S[C@@H]2CS(=O)(=O)C[C@H]2N1N. The number of hydrazine groups is 1. The third-order valence-corrected chi connectivity index (χ3v) is 5.27. The number of nitrogens with zero attached hydrogens (tertiary/aromatic N) is 1. The van der Waals surface area contributed by atoms with Crippen molar-refractivity contribution in [1.82, 2.24) is 5.01 Å². The molecule has 2 aliphatic rings. The molecule has 7 heteroatoms. The third kappa shape index (κ3) is 1.12. The highest BCUT2D eigenvalue weighted by molar-refractivity contribution is 8.15. The molecule has 68 valence electrons. The fraction of sp³-hybridized carbons (Fsp3) is 0.800. The van der Waals surface area contributed by atoms with Crippen molar-refractivity contribution in [2.75, 3.05) is 11.5 Å². The molecule has 12 heavy (non-hydrogen) atoms. The van der Waals surface area contributed by atoms with Crippen LogP contribution >= 0.6 is 11.8 Å². The molecule has 2 rings (SSSR count). The smallest absolute Gasteiger partial charge is 0.171 e. The number of nitrogens with one attached hydrogen (secondary N) is 1. The quantitative estimate of drug-likeness (QED) is 0.498. The summed E-state index contributed by atoms with van der Waals surface area (Å²) < 4.78 is 22.3. The number of nitrogens with two attached hydrogens (primary N) is 1. The lowest BCUT2D eigenvalue weighted by Gasteiger charge is -2.15. The molecule has 5 nitrogen and oxygen atoms in total. The molecule has 0 saturated carbocycles. The van der Waals surface area contributed by atoms with Gasteiger partial charge < -0.3 is 0 Å². The molecule has 0 spiro atoms. The first-order valence-electron chi connectivity index (χ1n) is 3.49. The molecule has 2 aliphatic heterocycles. The molecule has 2 fully saturated rings. The molecular formula is C5H9N3O2S2. The van der Waals surface area contributed by atoms with Crippen molar-refractivity contribution in [3.63, 3.8) is 0 Å². The highest BCUT2D eigenvalue weighted by Gasteiger charge is 2.47. The number of fused-ring (bicyclic) bond motifs is 1. The van der Waals surface area contributed by atoms with Crippen LogP contribution in [-0.2, 0) is 9.84 Å².